The molecule has 1 aromatic carbocycles. The summed E-state index contributed by atoms with van der Waals surface area (Å²) in [6, 6.07) is 3.87. The van der Waals surface area contributed by atoms with Crippen LogP contribution in [0, 0.1) is 11.7 Å². The molecule has 1 fully saturated rings. The van der Waals surface area contributed by atoms with E-state index in [1.54, 1.807) is 12.4 Å². The number of aromatic nitrogens is 2. The number of halogens is 2. The second kappa shape index (κ2) is 8.68. The summed E-state index contributed by atoms with van der Waals surface area (Å²) >= 11 is 7.27. The number of nitrogens with one attached hydrogen (secondary N) is 1. The zero-order chi connectivity index (χ0) is 18.5. The van der Waals surface area contributed by atoms with Crippen molar-refractivity contribution in [3.05, 3.63) is 41.4 Å². The summed E-state index contributed by atoms with van der Waals surface area (Å²) in [6.07, 6.45) is 5.66. The standard InChI is InChI=1S/C18H20ClFN4OS/c1-12-3-2-8-24(10-12)17-18(22-7-6-21-17)26-11-16(25)23-15-5-4-13(20)9-14(15)19/h4-7,9,12H,2-3,8,10-11H2,1H3,(H,23,25)/t12-/m1/s1. The lowest BCUT2D eigenvalue weighted by molar-refractivity contribution is -0.113. The van der Waals surface area contributed by atoms with Crippen molar-refractivity contribution in [1.29, 1.82) is 0 Å². The molecule has 0 aliphatic carbocycles. The lowest BCUT2D eigenvalue weighted by Gasteiger charge is -2.32. The molecule has 2 aromatic rings. The Morgan fingerprint density at radius 2 is 2.23 bits per heavy atom. The van der Waals surface area contributed by atoms with Crippen LogP contribution < -0.4 is 10.2 Å². The predicted octanol–water partition coefficient (Wildman–Crippen LogP) is 4.24. The Morgan fingerprint density at radius 1 is 1.42 bits per heavy atom. The Morgan fingerprint density at radius 3 is 3.00 bits per heavy atom. The van der Waals surface area contributed by atoms with Gasteiger partial charge in [0.05, 0.1) is 16.5 Å². The van der Waals surface area contributed by atoms with E-state index in [0.29, 0.717) is 11.6 Å². The number of piperidine rings is 1. The van der Waals surface area contributed by atoms with Crippen molar-refractivity contribution in [2.24, 2.45) is 5.92 Å². The molecule has 1 saturated heterocycles. The lowest BCUT2D eigenvalue weighted by atomic mass is 10.0. The van der Waals surface area contributed by atoms with Gasteiger partial charge in [-0.1, -0.05) is 30.3 Å². The molecule has 5 nitrogen and oxygen atoms in total. The Kier molecular flexibility index (Phi) is 6.32. The van der Waals surface area contributed by atoms with Crippen LogP contribution in [0.1, 0.15) is 19.8 Å². The van der Waals surface area contributed by atoms with Gasteiger partial charge < -0.3 is 10.2 Å². The first kappa shape index (κ1) is 18.9. The van der Waals surface area contributed by atoms with Crippen molar-refractivity contribution in [1.82, 2.24) is 9.97 Å². The number of carbonyl (C=O) groups is 1. The van der Waals surface area contributed by atoms with E-state index < -0.39 is 5.82 Å². The van der Waals surface area contributed by atoms with Gasteiger partial charge in [0.15, 0.2) is 5.82 Å². The summed E-state index contributed by atoms with van der Waals surface area (Å²) < 4.78 is 13.1. The normalized spacial score (nSPS) is 17.2. The monoisotopic (exact) mass is 394 g/mol. The van der Waals surface area contributed by atoms with Gasteiger partial charge in [-0.15, -0.1) is 0 Å². The molecule has 0 spiro atoms. The van der Waals surface area contributed by atoms with E-state index in [9.17, 15) is 9.18 Å². The van der Waals surface area contributed by atoms with E-state index in [1.165, 1.54) is 36.4 Å². The summed E-state index contributed by atoms with van der Waals surface area (Å²) in [4.78, 5) is 23.3. The fraction of sp³-hybridized carbons (Fsp3) is 0.389. The highest BCUT2D eigenvalue weighted by atomic mass is 35.5. The van der Waals surface area contributed by atoms with Gasteiger partial charge >= 0.3 is 0 Å². The van der Waals surface area contributed by atoms with Gasteiger partial charge in [0.25, 0.3) is 0 Å². The van der Waals surface area contributed by atoms with Crippen LogP contribution in [0.2, 0.25) is 5.02 Å². The molecular formula is C18H20ClFN4OS. The third kappa shape index (κ3) is 4.86. The first-order valence-corrected chi connectivity index (χ1v) is 9.83. The second-order valence-electron chi connectivity index (χ2n) is 6.34. The van der Waals surface area contributed by atoms with Crippen molar-refractivity contribution in [3.8, 4) is 0 Å². The van der Waals surface area contributed by atoms with Crippen molar-refractivity contribution in [2.45, 2.75) is 24.8 Å². The predicted molar refractivity (Wildman–Crippen MR) is 103 cm³/mol. The molecule has 1 N–H and O–H groups in total. The maximum absolute atomic E-state index is 13.1. The number of benzene rings is 1. The quantitative estimate of drug-likeness (QED) is 0.769. The molecule has 26 heavy (non-hydrogen) atoms. The largest absolute Gasteiger partial charge is 0.354 e. The average Bonchev–Trinajstić information content (AvgIpc) is 2.62. The van der Waals surface area contributed by atoms with Crippen molar-refractivity contribution in [3.63, 3.8) is 0 Å². The fourth-order valence-corrected chi connectivity index (χ4v) is 3.93. The highest BCUT2D eigenvalue weighted by molar-refractivity contribution is 8.00. The van der Waals surface area contributed by atoms with Crippen LogP contribution in [0.25, 0.3) is 0 Å². The number of amides is 1. The van der Waals surface area contributed by atoms with Crippen molar-refractivity contribution in [2.75, 3.05) is 29.1 Å². The smallest absolute Gasteiger partial charge is 0.234 e. The Balaban J connectivity index is 1.63. The molecule has 0 radical (unpaired) electrons. The molecule has 0 bridgehead atoms. The van der Waals surface area contributed by atoms with Crippen LogP contribution in [0.15, 0.2) is 35.6 Å². The zero-order valence-corrected chi connectivity index (χ0v) is 16.0. The van der Waals surface area contributed by atoms with Gasteiger partial charge in [0.1, 0.15) is 10.8 Å². The van der Waals surface area contributed by atoms with Gasteiger partial charge in [-0.3, -0.25) is 4.79 Å². The fourth-order valence-electron chi connectivity index (χ4n) is 2.93. The van der Waals surface area contributed by atoms with E-state index in [4.69, 9.17) is 11.6 Å². The van der Waals surface area contributed by atoms with E-state index in [2.05, 4.69) is 27.1 Å². The Bertz CT molecular complexity index is 792. The van der Waals surface area contributed by atoms with Gasteiger partial charge in [-0.05, 0) is 37.0 Å². The average molecular weight is 395 g/mol. The number of anilines is 2. The zero-order valence-electron chi connectivity index (χ0n) is 14.4. The SMILES string of the molecule is C[C@@H]1CCCN(c2nccnc2SCC(=O)Nc2ccc(F)cc2Cl)C1. The van der Waals surface area contributed by atoms with Gasteiger partial charge in [-0.2, -0.15) is 0 Å². The molecule has 1 aliphatic rings. The van der Waals surface area contributed by atoms with E-state index in [0.717, 1.165) is 30.4 Å². The van der Waals surface area contributed by atoms with Gasteiger partial charge in [0.2, 0.25) is 5.91 Å². The molecule has 138 valence electrons. The molecule has 1 aromatic heterocycles. The van der Waals surface area contributed by atoms with Gasteiger partial charge in [0, 0.05) is 25.5 Å². The van der Waals surface area contributed by atoms with Crippen LogP contribution in [-0.4, -0.2) is 34.7 Å². The summed E-state index contributed by atoms with van der Waals surface area (Å²) in [7, 11) is 0. The summed E-state index contributed by atoms with van der Waals surface area (Å²) in [5, 5.41) is 3.60. The third-order valence-corrected chi connectivity index (χ3v) is 5.43. The number of carbonyl (C=O) groups excluding carboxylic acids is 1. The van der Waals surface area contributed by atoms with Crippen LogP contribution in [0.3, 0.4) is 0 Å². The molecule has 1 atom stereocenters. The Labute approximate surface area is 161 Å². The molecule has 8 heteroatoms. The summed E-state index contributed by atoms with van der Waals surface area (Å²) in [6.45, 7) is 4.13. The second-order valence-corrected chi connectivity index (χ2v) is 7.71. The molecule has 1 aliphatic heterocycles. The molecule has 0 saturated carbocycles. The van der Waals surface area contributed by atoms with Crippen LogP contribution in [0.4, 0.5) is 15.9 Å². The number of thioether (sulfide) groups is 1. The first-order chi connectivity index (χ1) is 12.5. The van der Waals surface area contributed by atoms with E-state index >= 15 is 0 Å². The topological polar surface area (TPSA) is 58.1 Å². The highest BCUT2D eigenvalue weighted by Crippen LogP contribution is 2.29. The maximum atomic E-state index is 13.1. The minimum absolute atomic E-state index is 0.169. The molecule has 1 amide bonds. The number of nitrogens with zero attached hydrogens (tertiary/aromatic N) is 3. The Hall–Kier alpha value is -1.86. The highest BCUT2D eigenvalue weighted by Gasteiger charge is 2.21. The third-order valence-electron chi connectivity index (χ3n) is 4.15. The van der Waals surface area contributed by atoms with Crippen LogP contribution >= 0.6 is 23.4 Å². The molecule has 0 unspecified atom stereocenters. The summed E-state index contributed by atoms with van der Waals surface area (Å²) in [5.41, 5.74) is 0.392. The molecular weight excluding hydrogens is 375 g/mol. The minimum atomic E-state index is -0.442. The van der Waals surface area contributed by atoms with Crippen LogP contribution in [-0.2, 0) is 4.79 Å². The minimum Gasteiger partial charge on any atom is -0.354 e. The number of hydrogen-bond acceptors (Lipinski definition) is 5. The van der Waals surface area contributed by atoms with Crippen molar-refractivity contribution < 1.29 is 9.18 Å². The van der Waals surface area contributed by atoms with E-state index in [1.807, 2.05) is 0 Å². The van der Waals surface area contributed by atoms with Crippen LogP contribution in [0.5, 0.6) is 0 Å². The number of hydrogen-bond donors (Lipinski definition) is 1. The molecule has 3 rings (SSSR count). The number of rotatable bonds is 5. The van der Waals surface area contributed by atoms with Crippen molar-refractivity contribution >= 4 is 40.8 Å². The molecule has 2 heterocycles. The summed E-state index contributed by atoms with van der Waals surface area (Å²) in [5.74, 6) is 0.946. The lowest BCUT2D eigenvalue weighted by Crippen LogP contribution is -2.35. The first-order valence-electron chi connectivity index (χ1n) is 8.46. The maximum Gasteiger partial charge on any atom is 0.234 e. The van der Waals surface area contributed by atoms with E-state index in [-0.39, 0.29) is 16.7 Å². The van der Waals surface area contributed by atoms with Gasteiger partial charge in [-0.25, -0.2) is 14.4 Å².